The van der Waals surface area contributed by atoms with Crippen molar-refractivity contribution in [3.05, 3.63) is 29.8 Å². The van der Waals surface area contributed by atoms with Gasteiger partial charge >= 0.3 is 12.0 Å². The van der Waals surface area contributed by atoms with Crippen LogP contribution in [0.3, 0.4) is 0 Å². The number of aliphatic hydroxyl groups is 5. The van der Waals surface area contributed by atoms with Crippen molar-refractivity contribution in [1.82, 2.24) is 19.8 Å². The van der Waals surface area contributed by atoms with E-state index in [0.29, 0.717) is 18.4 Å². The molecule has 0 unspecified atom stereocenters. The average Bonchev–Trinajstić information content (AvgIpc) is 3.12. The van der Waals surface area contributed by atoms with E-state index < -0.39 is 87.9 Å². The molecule has 2 heterocycles. The molecular formula is C40H70N4O12S. The van der Waals surface area contributed by atoms with Gasteiger partial charge in [-0.05, 0) is 98.9 Å². The van der Waals surface area contributed by atoms with Gasteiger partial charge in [0.25, 0.3) is 10.0 Å². The quantitative estimate of drug-likeness (QED) is 0.132. The Labute approximate surface area is 339 Å². The van der Waals surface area contributed by atoms with Crippen molar-refractivity contribution in [2.75, 3.05) is 33.7 Å². The fourth-order valence-electron chi connectivity index (χ4n) is 8.45. The minimum atomic E-state index is -4.12. The molecule has 2 amide bonds. The number of benzene rings is 1. The first kappa shape index (κ1) is 48.9. The summed E-state index contributed by atoms with van der Waals surface area (Å²) in [5, 5.41) is 61.4. The van der Waals surface area contributed by atoms with Crippen LogP contribution in [0.4, 0.5) is 4.79 Å². The summed E-state index contributed by atoms with van der Waals surface area (Å²) in [6, 6.07) is 4.34. The second-order valence-electron chi connectivity index (χ2n) is 17.2. The molecule has 1 aromatic carbocycles. The first-order valence-corrected chi connectivity index (χ1v) is 21.6. The van der Waals surface area contributed by atoms with Crippen LogP contribution in [-0.4, -0.2) is 156 Å². The highest BCUT2D eigenvalue weighted by atomic mass is 32.2. The van der Waals surface area contributed by atoms with E-state index in [4.69, 9.17) is 14.2 Å². The number of esters is 1. The SMILES string of the molecule is CC[C@H]1OC(=O)[C@H](C)[C@@H](O)[C@H](C)[C@@H](O[C@@H]2O[C@H](C)C[C@H](N(C)C)[C@H]2O)[C@](C)(O)C[C@@H](C)CN(CCCNC(=O)NS(=O)(=O)c2ccccc2C)[C@H](C)[C@@H](O)[C@]1(C)O. The van der Waals surface area contributed by atoms with Crippen LogP contribution in [0.25, 0.3) is 0 Å². The van der Waals surface area contributed by atoms with Crippen LogP contribution in [0, 0.1) is 24.7 Å². The first-order chi connectivity index (χ1) is 26.3. The van der Waals surface area contributed by atoms with E-state index in [1.165, 1.54) is 19.9 Å². The number of likely N-dealkylation sites (N-methyl/N-ethyl adjacent to an activating group) is 1. The van der Waals surface area contributed by atoms with Gasteiger partial charge in [0.05, 0.1) is 34.7 Å². The highest BCUT2D eigenvalue weighted by Crippen LogP contribution is 2.37. The molecule has 0 radical (unpaired) electrons. The second-order valence-corrected chi connectivity index (χ2v) is 18.8. The van der Waals surface area contributed by atoms with Crippen molar-refractivity contribution in [2.45, 2.75) is 159 Å². The largest absolute Gasteiger partial charge is 0.459 e. The Morgan fingerprint density at radius 3 is 2.28 bits per heavy atom. The lowest BCUT2D eigenvalue weighted by Crippen LogP contribution is -2.59. The molecule has 328 valence electrons. The van der Waals surface area contributed by atoms with Crippen molar-refractivity contribution < 1.29 is 57.8 Å². The number of nitrogens with one attached hydrogen (secondary N) is 2. The van der Waals surface area contributed by atoms with E-state index >= 15 is 0 Å². The molecule has 2 aliphatic rings. The van der Waals surface area contributed by atoms with Crippen LogP contribution in [0.5, 0.6) is 0 Å². The molecule has 0 aromatic heterocycles. The van der Waals surface area contributed by atoms with Crippen LogP contribution < -0.4 is 10.0 Å². The molecule has 1 aromatic rings. The zero-order chi connectivity index (χ0) is 43.2. The number of hydrogen-bond acceptors (Lipinski definition) is 14. The number of nitrogens with zero attached hydrogens (tertiary/aromatic N) is 2. The minimum absolute atomic E-state index is 0.0155. The molecule has 2 fully saturated rings. The third-order valence-electron chi connectivity index (χ3n) is 11.8. The molecule has 3 rings (SSSR count). The maximum Gasteiger partial charge on any atom is 0.328 e. The lowest BCUT2D eigenvalue weighted by atomic mass is 9.78. The van der Waals surface area contributed by atoms with Crippen molar-refractivity contribution in [3.63, 3.8) is 0 Å². The summed E-state index contributed by atoms with van der Waals surface area (Å²) in [5.41, 5.74) is -3.11. The molecule has 2 aliphatic heterocycles. The predicted molar refractivity (Wildman–Crippen MR) is 213 cm³/mol. The Morgan fingerprint density at radius 2 is 1.68 bits per heavy atom. The predicted octanol–water partition coefficient (Wildman–Crippen LogP) is 1.73. The third kappa shape index (κ3) is 12.3. The van der Waals surface area contributed by atoms with Crippen LogP contribution in [0.15, 0.2) is 29.2 Å². The summed E-state index contributed by atoms with van der Waals surface area (Å²) in [6.07, 6.45) is -6.59. The molecule has 14 atom stereocenters. The summed E-state index contributed by atoms with van der Waals surface area (Å²) >= 11 is 0. The molecule has 7 N–H and O–H groups in total. The van der Waals surface area contributed by atoms with Gasteiger partial charge < -0.3 is 50.0 Å². The fraction of sp³-hybridized carbons (Fsp3) is 0.800. The van der Waals surface area contributed by atoms with E-state index in [0.717, 1.165) is 0 Å². The van der Waals surface area contributed by atoms with Crippen LogP contribution in [0.2, 0.25) is 0 Å². The average molecular weight is 831 g/mol. The van der Waals surface area contributed by atoms with Gasteiger partial charge in [0.15, 0.2) is 6.29 Å². The minimum Gasteiger partial charge on any atom is -0.459 e. The zero-order valence-electron chi connectivity index (χ0n) is 35.6. The van der Waals surface area contributed by atoms with Crippen molar-refractivity contribution in [2.24, 2.45) is 17.8 Å². The van der Waals surface area contributed by atoms with Crippen LogP contribution in [0.1, 0.15) is 86.6 Å². The number of sulfonamides is 1. The Morgan fingerprint density at radius 1 is 1.05 bits per heavy atom. The number of aryl methyl sites for hydroxylation is 1. The Kier molecular flexibility index (Phi) is 17.3. The molecule has 0 bridgehead atoms. The fourth-order valence-corrected chi connectivity index (χ4v) is 9.63. The van der Waals surface area contributed by atoms with Gasteiger partial charge in [-0.1, -0.05) is 39.0 Å². The number of hydrogen-bond donors (Lipinski definition) is 7. The van der Waals surface area contributed by atoms with Crippen LogP contribution in [-0.2, 0) is 29.0 Å². The molecule has 17 heteroatoms. The molecule has 0 aliphatic carbocycles. The second kappa shape index (κ2) is 20.2. The number of cyclic esters (lactones) is 1. The zero-order valence-corrected chi connectivity index (χ0v) is 36.4. The van der Waals surface area contributed by atoms with E-state index in [9.17, 15) is 43.5 Å². The Balaban J connectivity index is 1.92. The molecule has 0 spiro atoms. The number of carbonyl (C=O) groups excluding carboxylic acids is 2. The number of ether oxygens (including phenoxy) is 3. The summed E-state index contributed by atoms with van der Waals surface area (Å²) in [4.78, 5) is 30.1. The first-order valence-electron chi connectivity index (χ1n) is 20.1. The standard InChI is InChI=1S/C40H70N4O12S/c1-12-31-40(9,51)34(47)28(7)44(19-15-18-41-38(49)42-57(52,53)30-17-14-13-16-24(30)3)22-23(2)21-39(8,50)35(26(5)32(45)27(6)36(48)55-31)56-37-33(46)29(43(10)11)20-25(4)54-37/h13-14,16-17,23,25-29,31-35,37,45-47,50-51H,12,15,18-22H2,1-11H3,(H2,41,42,49)/t23-,25-,26+,27-,28-,29+,31-,32+,33-,34-,35-,37+,39-,40-/m1/s1. The Hall–Kier alpha value is -2.45. The molecule has 16 nitrogen and oxygen atoms in total. The monoisotopic (exact) mass is 830 g/mol. The van der Waals surface area contributed by atoms with Gasteiger partial charge in [-0.2, -0.15) is 0 Å². The van der Waals surface area contributed by atoms with Crippen LogP contribution >= 0.6 is 0 Å². The number of urea groups is 1. The molecule has 57 heavy (non-hydrogen) atoms. The number of amides is 2. The van der Waals surface area contributed by atoms with E-state index in [1.54, 1.807) is 52.8 Å². The summed E-state index contributed by atoms with van der Waals surface area (Å²) < 4.78 is 46.0. The third-order valence-corrected chi connectivity index (χ3v) is 13.3. The smallest absolute Gasteiger partial charge is 0.328 e. The van der Waals surface area contributed by atoms with Gasteiger partial charge in [-0.15, -0.1) is 0 Å². The highest BCUT2D eigenvalue weighted by Gasteiger charge is 2.50. The Bertz CT molecular complexity index is 1580. The van der Waals surface area contributed by atoms with Gasteiger partial charge in [-0.25, -0.2) is 17.9 Å². The molecule has 2 saturated heterocycles. The van der Waals surface area contributed by atoms with Crippen molar-refractivity contribution in [3.8, 4) is 0 Å². The highest BCUT2D eigenvalue weighted by molar-refractivity contribution is 7.90. The summed E-state index contributed by atoms with van der Waals surface area (Å²) in [7, 11) is -0.429. The van der Waals surface area contributed by atoms with Gasteiger partial charge in [0.1, 0.15) is 23.9 Å². The summed E-state index contributed by atoms with van der Waals surface area (Å²) in [6.45, 7) is 15.5. The van der Waals surface area contributed by atoms with Gasteiger partial charge in [-0.3, -0.25) is 9.69 Å². The molecular weight excluding hydrogens is 761 g/mol. The lowest BCUT2D eigenvalue weighted by molar-refractivity contribution is -0.299. The van der Waals surface area contributed by atoms with Crippen molar-refractivity contribution >= 4 is 22.0 Å². The van der Waals surface area contributed by atoms with E-state index in [-0.39, 0.29) is 55.4 Å². The van der Waals surface area contributed by atoms with E-state index in [2.05, 4.69) is 5.32 Å². The number of aliphatic hydroxyl groups excluding tert-OH is 3. The summed E-state index contributed by atoms with van der Waals surface area (Å²) in [5.74, 6) is -3.15. The van der Waals surface area contributed by atoms with Crippen molar-refractivity contribution in [1.29, 1.82) is 0 Å². The topological polar surface area (TPSA) is 228 Å². The maximum atomic E-state index is 13.6. The number of carbonyl (C=O) groups is 2. The normalized spacial score (nSPS) is 38.2. The maximum absolute atomic E-state index is 13.6. The number of rotatable bonds is 10. The van der Waals surface area contributed by atoms with E-state index in [1.807, 2.05) is 42.5 Å². The van der Waals surface area contributed by atoms with Gasteiger partial charge in [0.2, 0.25) is 0 Å². The van der Waals surface area contributed by atoms with Gasteiger partial charge in [0, 0.05) is 37.6 Å². The lowest BCUT2D eigenvalue weighted by Gasteiger charge is -2.46. The molecule has 0 saturated carbocycles.